The van der Waals surface area contributed by atoms with Crippen LogP contribution in [-0.4, -0.2) is 15.0 Å². The molecule has 4 nitrogen and oxygen atoms in total. The first-order chi connectivity index (χ1) is 8.58. The van der Waals surface area contributed by atoms with Crippen molar-refractivity contribution in [2.75, 3.05) is 5.32 Å². The zero-order chi connectivity index (χ0) is 13.1. The molecule has 0 aliphatic rings. The summed E-state index contributed by atoms with van der Waals surface area (Å²) in [6.07, 6.45) is 3.04. The van der Waals surface area contributed by atoms with Crippen LogP contribution in [0.5, 0.6) is 0 Å². The quantitative estimate of drug-likeness (QED) is 0.831. The summed E-state index contributed by atoms with van der Waals surface area (Å²) in [4.78, 5) is 8.32. The molecule has 0 saturated heterocycles. The molecule has 0 fully saturated rings. The van der Waals surface area contributed by atoms with Crippen LogP contribution in [0.4, 0.5) is 15.9 Å². The number of nitrogens with zero attached hydrogens (tertiary/aromatic N) is 2. The zero-order valence-corrected chi connectivity index (χ0v) is 10.5. The van der Waals surface area contributed by atoms with Gasteiger partial charge < -0.3 is 11.1 Å². The number of aryl methyl sites for hydroxylation is 1. The van der Waals surface area contributed by atoms with E-state index < -0.39 is 0 Å². The van der Waals surface area contributed by atoms with Crippen molar-refractivity contribution in [3.63, 3.8) is 0 Å². The summed E-state index contributed by atoms with van der Waals surface area (Å²) in [5, 5.41) is 3.01. The third kappa shape index (κ3) is 2.60. The van der Waals surface area contributed by atoms with Crippen LogP contribution in [0, 0.1) is 12.7 Å². The van der Waals surface area contributed by atoms with Crippen LogP contribution in [0.25, 0.3) is 0 Å². The molecule has 18 heavy (non-hydrogen) atoms. The number of nitrogens with two attached hydrogens (primary N) is 1. The van der Waals surface area contributed by atoms with E-state index in [4.69, 9.17) is 18.0 Å². The van der Waals surface area contributed by atoms with Crippen LogP contribution >= 0.6 is 12.2 Å². The third-order valence-corrected chi connectivity index (χ3v) is 2.55. The van der Waals surface area contributed by atoms with E-state index in [1.54, 1.807) is 19.1 Å². The van der Waals surface area contributed by atoms with Gasteiger partial charge >= 0.3 is 0 Å². The summed E-state index contributed by atoms with van der Waals surface area (Å²) in [5.74, 6) is 0.199. The Labute approximate surface area is 109 Å². The number of rotatable bonds is 3. The zero-order valence-electron chi connectivity index (χ0n) is 9.64. The number of nitrogens with one attached hydrogen (secondary N) is 1. The van der Waals surface area contributed by atoms with E-state index in [1.807, 2.05) is 0 Å². The Balaban J connectivity index is 2.34. The normalized spacial score (nSPS) is 10.1. The molecule has 0 saturated carbocycles. The molecule has 0 aliphatic carbocycles. The molecule has 3 N–H and O–H groups in total. The Hall–Kier alpha value is -2.08. The first-order valence-corrected chi connectivity index (χ1v) is 5.63. The van der Waals surface area contributed by atoms with Crippen molar-refractivity contribution in [3.8, 4) is 0 Å². The topological polar surface area (TPSA) is 63.8 Å². The SMILES string of the molecule is Cc1cc(Nc2nccnc2C(N)=S)ccc1F. The van der Waals surface area contributed by atoms with Crippen LogP contribution in [0.1, 0.15) is 11.3 Å². The Bertz CT molecular complexity index is 600. The number of thiocarbonyl (C=S) groups is 1. The lowest BCUT2D eigenvalue weighted by molar-refractivity contribution is 0.619. The second-order valence-corrected chi connectivity index (χ2v) is 4.15. The van der Waals surface area contributed by atoms with Gasteiger partial charge in [0.25, 0.3) is 0 Å². The molecule has 1 aromatic heterocycles. The molecule has 0 atom stereocenters. The molecule has 0 bridgehead atoms. The van der Waals surface area contributed by atoms with Crippen LogP contribution in [0.2, 0.25) is 0 Å². The summed E-state index contributed by atoms with van der Waals surface area (Å²) >= 11 is 4.89. The van der Waals surface area contributed by atoms with Gasteiger partial charge in [-0.05, 0) is 30.7 Å². The minimum Gasteiger partial charge on any atom is -0.388 e. The predicted octanol–water partition coefficient (Wildman–Crippen LogP) is 2.30. The van der Waals surface area contributed by atoms with Gasteiger partial charge in [0.05, 0.1) is 0 Å². The molecule has 0 aliphatic heterocycles. The molecular formula is C12H11FN4S. The van der Waals surface area contributed by atoms with Crippen LogP contribution in [-0.2, 0) is 0 Å². The summed E-state index contributed by atoms with van der Waals surface area (Å²) in [5.41, 5.74) is 7.21. The van der Waals surface area contributed by atoms with E-state index in [1.165, 1.54) is 18.5 Å². The maximum Gasteiger partial charge on any atom is 0.159 e. The van der Waals surface area contributed by atoms with Crippen molar-refractivity contribution in [1.82, 2.24) is 9.97 Å². The standard InChI is InChI=1S/C12H11FN4S/c1-7-6-8(2-3-9(7)13)17-12-10(11(14)18)15-4-5-16-12/h2-6H,1H3,(H2,14,18)(H,16,17). The van der Waals surface area contributed by atoms with E-state index in [2.05, 4.69) is 15.3 Å². The molecule has 0 unspecified atom stereocenters. The van der Waals surface area contributed by atoms with Gasteiger partial charge in [0.1, 0.15) is 16.5 Å². The summed E-state index contributed by atoms with van der Waals surface area (Å²) < 4.78 is 13.1. The fraction of sp³-hybridized carbons (Fsp3) is 0.0833. The monoisotopic (exact) mass is 262 g/mol. The molecule has 1 heterocycles. The molecule has 0 amide bonds. The first-order valence-electron chi connectivity index (χ1n) is 5.22. The minimum atomic E-state index is -0.255. The van der Waals surface area contributed by atoms with Crippen molar-refractivity contribution in [2.45, 2.75) is 6.92 Å². The minimum absolute atomic E-state index is 0.157. The van der Waals surface area contributed by atoms with Crippen molar-refractivity contribution in [3.05, 3.63) is 47.7 Å². The fourth-order valence-electron chi connectivity index (χ4n) is 1.47. The second-order valence-electron chi connectivity index (χ2n) is 3.71. The van der Waals surface area contributed by atoms with E-state index in [-0.39, 0.29) is 10.8 Å². The molecule has 2 aromatic rings. The second kappa shape index (κ2) is 5.05. The number of hydrogen-bond donors (Lipinski definition) is 2. The van der Waals surface area contributed by atoms with Crippen molar-refractivity contribution in [1.29, 1.82) is 0 Å². The number of benzene rings is 1. The van der Waals surface area contributed by atoms with Crippen LogP contribution in [0.15, 0.2) is 30.6 Å². The van der Waals surface area contributed by atoms with Gasteiger partial charge in [-0.1, -0.05) is 12.2 Å². The lowest BCUT2D eigenvalue weighted by Gasteiger charge is -2.09. The summed E-state index contributed by atoms with van der Waals surface area (Å²) in [6, 6.07) is 4.67. The highest BCUT2D eigenvalue weighted by atomic mass is 32.1. The van der Waals surface area contributed by atoms with Gasteiger partial charge in [-0.3, -0.25) is 0 Å². The highest BCUT2D eigenvalue weighted by molar-refractivity contribution is 7.80. The first kappa shape index (κ1) is 12.4. The molecule has 6 heteroatoms. The highest BCUT2D eigenvalue weighted by Crippen LogP contribution is 2.19. The average Bonchev–Trinajstić information content (AvgIpc) is 2.34. The van der Waals surface area contributed by atoms with Gasteiger partial charge in [-0.25, -0.2) is 14.4 Å². The average molecular weight is 262 g/mol. The smallest absolute Gasteiger partial charge is 0.159 e. The molecule has 92 valence electrons. The number of aromatic nitrogens is 2. The lowest BCUT2D eigenvalue weighted by atomic mass is 10.2. The maximum atomic E-state index is 13.1. The molecule has 0 radical (unpaired) electrons. The Morgan fingerprint density at radius 3 is 2.72 bits per heavy atom. The summed E-state index contributed by atoms with van der Waals surface area (Å²) in [7, 11) is 0. The Morgan fingerprint density at radius 1 is 1.33 bits per heavy atom. The van der Waals surface area contributed by atoms with E-state index in [0.717, 1.165) is 0 Å². The summed E-state index contributed by atoms with van der Waals surface area (Å²) in [6.45, 7) is 1.69. The van der Waals surface area contributed by atoms with E-state index >= 15 is 0 Å². The number of halogens is 1. The van der Waals surface area contributed by atoms with Crippen LogP contribution in [0.3, 0.4) is 0 Å². The lowest BCUT2D eigenvalue weighted by Crippen LogP contribution is -2.14. The maximum absolute atomic E-state index is 13.1. The Kier molecular flexibility index (Phi) is 3.47. The van der Waals surface area contributed by atoms with Crippen molar-refractivity contribution in [2.24, 2.45) is 5.73 Å². The van der Waals surface area contributed by atoms with Crippen molar-refractivity contribution < 1.29 is 4.39 Å². The van der Waals surface area contributed by atoms with Gasteiger partial charge in [-0.15, -0.1) is 0 Å². The van der Waals surface area contributed by atoms with Crippen LogP contribution < -0.4 is 11.1 Å². The third-order valence-electron chi connectivity index (χ3n) is 2.35. The largest absolute Gasteiger partial charge is 0.388 e. The van der Waals surface area contributed by atoms with E-state index in [0.29, 0.717) is 22.8 Å². The Morgan fingerprint density at radius 2 is 2.06 bits per heavy atom. The molecule has 1 aromatic carbocycles. The van der Waals surface area contributed by atoms with Gasteiger partial charge in [0, 0.05) is 18.1 Å². The predicted molar refractivity (Wildman–Crippen MR) is 72.3 cm³/mol. The van der Waals surface area contributed by atoms with Crippen molar-refractivity contribution >= 4 is 28.7 Å². The molecule has 0 spiro atoms. The fourth-order valence-corrected chi connectivity index (χ4v) is 1.62. The van der Waals surface area contributed by atoms with E-state index in [9.17, 15) is 4.39 Å². The van der Waals surface area contributed by atoms with Gasteiger partial charge in [-0.2, -0.15) is 0 Å². The molecular weight excluding hydrogens is 251 g/mol. The van der Waals surface area contributed by atoms with Gasteiger partial charge in [0.15, 0.2) is 5.82 Å². The number of anilines is 2. The van der Waals surface area contributed by atoms with Gasteiger partial charge in [0.2, 0.25) is 0 Å². The number of hydrogen-bond acceptors (Lipinski definition) is 4. The highest BCUT2D eigenvalue weighted by Gasteiger charge is 2.08. The molecule has 2 rings (SSSR count).